The van der Waals surface area contributed by atoms with E-state index in [0.717, 1.165) is 0 Å². The van der Waals surface area contributed by atoms with Crippen LogP contribution >= 0.6 is 0 Å². The fraction of sp³-hybridized carbons (Fsp3) is 0.316. The van der Waals surface area contributed by atoms with E-state index in [4.69, 9.17) is 0 Å². The second-order valence-electron chi connectivity index (χ2n) is 6.72. The van der Waals surface area contributed by atoms with Gasteiger partial charge in [0, 0.05) is 19.3 Å². The average molecular weight is 396 g/mol. The van der Waals surface area contributed by atoms with Gasteiger partial charge in [-0.3, -0.25) is 4.79 Å². The predicted octanol–water partition coefficient (Wildman–Crippen LogP) is 0.280. The number of amides is 1. The third kappa shape index (κ3) is 3.74. The lowest BCUT2D eigenvalue weighted by molar-refractivity contribution is 0.0593. The zero-order chi connectivity index (χ0) is 20.4. The number of carbonyl (C=O) groups excluding carboxylic acids is 2. The van der Waals surface area contributed by atoms with E-state index < -0.39 is 18.1 Å². The van der Waals surface area contributed by atoms with Gasteiger partial charge >= 0.3 is 5.97 Å². The monoisotopic (exact) mass is 396 g/mol. The van der Waals surface area contributed by atoms with Crippen LogP contribution in [0.15, 0.2) is 43.0 Å². The van der Waals surface area contributed by atoms with Gasteiger partial charge in [0.25, 0.3) is 5.91 Å². The van der Waals surface area contributed by atoms with Crippen molar-refractivity contribution < 1.29 is 19.4 Å². The second-order valence-corrected chi connectivity index (χ2v) is 6.72. The van der Waals surface area contributed by atoms with Crippen molar-refractivity contribution in [1.29, 1.82) is 0 Å². The molecule has 1 fully saturated rings. The fourth-order valence-electron chi connectivity index (χ4n) is 3.34. The van der Waals surface area contributed by atoms with Crippen LogP contribution in [0.4, 0.5) is 5.82 Å². The summed E-state index contributed by atoms with van der Waals surface area (Å²) in [5.74, 6) is -0.305. The van der Waals surface area contributed by atoms with Crippen LogP contribution in [0.25, 0.3) is 5.52 Å². The van der Waals surface area contributed by atoms with Crippen LogP contribution in [-0.4, -0.2) is 68.9 Å². The number of fused-ring (bicyclic) bond motifs is 1. The van der Waals surface area contributed by atoms with E-state index in [1.165, 1.54) is 25.7 Å². The summed E-state index contributed by atoms with van der Waals surface area (Å²) in [4.78, 5) is 34.5. The van der Waals surface area contributed by atoms with Gasteiger partial charge in [0.2, 0.25) is 0 Å². The standard InChI is InChI=1S/C19H20N6O4/c1-29-19(28)13-9-21-17(10-20-13)24-7-5-16(26)14(11-24)23-18(27)12-8-22-25-6-3-2-4-15(12)25/h2-4,6,8-10,14,16,26H,5,7,11H2,1H3,(H,23,27)/t14-,16+/m1/s1. The number of aliphatic hydroxyl groups excluding tert-OH is 1. The molecule has 2 N–H and O–H groups in total. The molecule has 0 spiro atoms. The maximum Gasteiger partial charge on any atom is 0.358 e. The van der Waals surface area contributed by atoms with Crippen LogP contribution in [0, 0.1) is 0 Å². The Kier molecular flexibility index (Phi) is 5.09. The molecule has 0 radical (unpaired) electrons. The molecule has 150 valence electrons. The molecule has 1 aliphatic rings. The molecule has 0 bridgehead atoms. The highest BCUT2D eigenvalue weighted by Crippen LogP contribution is 2.19. The van der Waals surface area contributed by atoms with Crippen LogP contribution in [-0.2, 0) is 4.74 Å². The number of hydrogen-bond donors (Lipinski definition) is 2. The molecule has 3 aromatic rings. The van der Waals surface area contributed by atoms with Crippen molar-refractivity contribution in [2.75, 3.05) is 25.1 Å². The second kappa shape index (κ2) is 7.84. The lowest BCUT2D eigenvalue weighted by atomic mass is 10.0. The minimum atomic E-state index is -0.681. The van der Waals surface area contributed by atoms with Crippen LogP contribution in [0.1, 0.15) is 27.3 Å². The summed E-state index contributed by atoms with van der Waals surface area (Å²) in [6.07, 6.45) is 5.88. The van der Waals surface area contributed by atoms with E-state index >= 15 is 0 Å². The molecule has 3 aromatic heterocycles. The van der Waals surface area contributed by atoms with E-state index in [-0.39, 0.29) is 11.6 Å². The summed E-state index contributed by atoms with van der Waals surface area (Å²) in [6.45, 7) is 0.912. The maximum atomic E-state index is 12.8. The van der Waals surface area contributed by atoms with Gasteiger partial charge in [0.05, 0.1) is 48.9 Å². The number of aromatic nitrogens is 4. The molecule has 1 aliphatic heterocycles. The van der Waals surface area contributed by atoms with E-state index in [1.54, 1.807) is 10.7 Å². The van der Waals surface area contributed by atoms with Gasteiger partial charge in [-0.1, -0.05) is 6.07 Å². The fourth-order valence-corrected chi connectivity index (χ4v) is 3.34. The van der Waals surface area contributed by atoms with Crippen molar-refractivity contribution >= 4 is 23.2 Å². The van der Waals surface area contributed by atoms with E-state index in [0.29, 0.717) is 36.4 Å². The predicted molar refractivity (Wildman–Crippen MR) is 103 cm³/mol. The first kappa shape index (κ1) is 18.8. The summed E-state index contributed by atoms with van der Waals surface area (Å²) < 4.78 is 6.24. The highest BCUT2D eigenvalue weighted by Gasteiger charge is 2.30. The Morgan fingerprint density at radius 1 is 1.24 bits per heavy atom. The lowest BCUT2D eigenvalue weighted by Crippen LogP contribution is -2.55. The maximum absolute atomic E-state index is 12.8. The molecule has 0 saturated carbocycles. The van der Waals surface area contributed by atoms with Gasteiger partial charge in [0.1, 0.15) is 5.82 Å². The van der Waals surface area contributed by atoms with E-state index in [9.17, 15) is 14.7 Å². The number of carbonyl (C=O) groups is 2. The first-order valence-electron chi connectivity index (χ1n) is 9.13. The molecule has 0 unspecified atom stereocenters. The highest BCUT2D eigenvalue weighted by atomic mass is 16.5. The average Bonchev–Trinajstić information content (AvgIpc) is 3.19. The number of esters is 1. The third-order valence-corrected chi connectivity index (χ3v) is 4.92. The Bertz CT molecular complexity index is 1030. The molecule has 29 heavy (non-hydrogen) atoms. The number of piperidine rings is 1. The summed E-state index contributed by atoms with van der Waals surface area (Å²) >= 11 is 0. The molecule has 1 amide bonds. The highest BCUT2D eigenvalue weighted by molar-refractivity contribution is 6.00. The number of methoxy groups -OCH3 is 1. The minimum absolute atomic E-state index is 0.117. The number of rotatable bonds is 4. The summed E-state index contributed by atoms with van der Waals surface area (Å²) in [6, 6.07) is 4.99. The number of nitrogens with zero attached hydrogens (tertiary/aromatic N) is 5. The Balaban J connectivity index is 1.47. The SMILES string of the molecule is COC(=O)c1cnc(N2CC[C@H](O)[C@H](NC(=O)c3cnn4ccccc34)C2)cn1. The van der Waals surface area contributed by atoms with Crippen LogP contribution < -0.4 is 10.2 Å². The number of hydrogen-bond acceptors (Lipinski definition) is 8. The van der Waals surface area contributed by atoms with Crippen molar-refractivity contribution in [3.8, 4) is 0 Å². The van der Waals surface area contributed by atoms with Crippen molar-refractivity contribution in [2.24, 2.45) is 0 Å². The smallest absolute Gasteiger partial charge is 0.358 e. The molecule has 1 saturated heterocycles. The topological polar surface area (TPSA) is 122 Å². The van der Waals surface area contributed by atoms with Gasteiger partial charge in [-0.15, -0.1) is 0 Å². The zero-order valence-electron chi connectivity index (χ0n) is 15.7. The number of ether oxygens (including phenoxy) is 1. The van der Waals surface area contributed by atoms with Crippen molar-refractivity contribution in [1.82, 2.24) is 24.9 Å². The number of aliphatic hydroxyl groups is 1. The lowest BCUT2D eigenvalue weighted by Gasteiger charge is -2.37. The van der Waals surface area contributed by atoms with Crippen molar-refractivity contribution in [2.45, 2.75) is 18.6 Å². The molecule has 4 rings (SSSR count). The minimum Gasteiger partial charge on any atom is -0.464 e. The van der Waals surface area contributed by atoms with Crippen LogP contribution in [0.3, 0.4) is 0 Å². The van der Waals surface area contributed by atoms with Gasteiger partial charge in [-0.2, -0.15) is 5.10 Å². The van der Waals surface area contributed by atoms with Crippen molar-refractivity contribution in [3.63, 3.8) is 0 Å². The first-order chi connectivity index (χ1) is 14.1. The summed E-state index contributed by atoms with van der Waals surface area (Å²) in [7, 11) is 1.28. The third-order valence-electron chi connectivity index (χ3n) is 4.92. The summed E-state index contributed by atoms with van der Waals surface area (Å²) in [5, 5.41) is 17.4. The van der Waals surface area contributed by atoms with Gasteiger partial charge in [-0.05, 0) is 18.6 Å². The quantitative estimate of drug-likeness (QED) is 0.603. The zero-order valence-corrected chi connectivity index (χ0v) is 15.7. The van der Waals surface area contributed by atoms with Gasteiger partial charge in [-0.25, -0.2) is 19.3 Å². The van der Waals surface area contributed by atoms with Crippen LogP contribution in [0.2, 0.25) is 0 Å². The van der Waals surface area contributed by atoms with Gasteiger partial charge in [0.15, 0.2) is 5.69 Å². The Labute approximate surface area is 166 Å². The number of anilines is 1. The Hall–Kier alpha value is -3.53. The molecule has 10 nitrogen and oxygen atoms in total. The number of nitrogens with one attached hydrogen (secondary N) is 1. The normalized spacial score (nSPS) is 19.2. The number of pyridine rings is 1. The molecular formula is C19H20N6O4. The molecule has 0 aromatic carbocycles. The van der Waals surface area contributed by atoms with Gasteiger partial charge < -0.3 is 20.1 Å². The Morgan fingerprint density at radius 2 is 2.10 bits per heavy atom. The van der Waals surface area contributed by atoms with Crippen molar-refractivity contribution in [3.05, 3.63) is 54.2 Å². The molecule has 10 heteroatoms. The molecular weight excluding hydrogens is 376 g/mol. The molecule has 4 heterocycles. The summed E-state index contributed by atoms with van der Waals surface area (Å²) in [5.41, 5.74) is 1.25. The van der Waals surface area contributed by atoms with E-state index in [1.807, 2.05) is 23.1 Å². The van der Waals surface area contributed by atoms with Crippen LogP contribution in [0.5, 0.6) is 0 Å². The van der Waals surface area contributed by atoms with E-state index in [2.05, 4.69) is 25.1 Å². The largest absolute Gasteiger partial charge is 0.464 e. The first-order valence-corrected chi connectivity index (χ1v) is 9.13. The molecule has 2 atom stereocenters. The molecule has 0 aliphatic carbocycles. The Morgan fingerprint density at radius 3 is 2.86 bits per heavy atom.